The van der Waals surface area contributed by atoms with Crippen LogP contribution in [0.4, 0.5) is 4.39 Å². The van der Waals surface area contributed by atoms with Crippen molar-refractivity contribution in [3.05, 3.63) is 45.0 Å². The third kappa shape index (κ3) is 6.99. The number of amides is 1. The summed E-state index contributed by atoms with van der Waals surface area (Å²) in [4.78, 5) is 49.0. The third-order valence-electron chi connectivity index (χ3n) is 7.23. The number of halogens is 2. The Morgan fingerprint density at radius 3 is 2.27 bits per heavy atom. The van der Waals surface area contributed by atoms with E-state index in [0.29, 0.717) is 23.1 Å². The Bertz CT molecular complexity index is 1620. The second-order valence-corrected chi connectivity index (χ2v) is 12.0. The Kier molecular flexibility index (Phi) is 10.2. The number of methoxy groups -OCH3 is 1. The minimum Gasteiger partial charge on any atom is -0.502 e. The first kappa shape index (κ1) is 32.8. The van der Waals surface area contributed by atoms with Crippen molar-refractivity contribution in [2.75, 3.05) is 20.3 Å². The fraction of sp³-hybridized carbons (Fsp3) is 0.400. The van der Waals surface area contributed by atoms with Gasteiger partial charge >= 0.3 is 11.9 Å². The number of carboxylic acid groups (broad SMARTS) is 2. The lowest BCUT2D eigenvalue weighted by atomic mass is 10.0. The highest BCUT2D eigenvalue weighted by atomic mass is 35.5. The average Bonchev–Trinajstić information content (AvgIpc) is 3.60. The molecule has 2 aromatic carbocycles. The third-order valence-corrected chi connectivity index (χ3v) is 8.81. The largest absolute Gasteiger partial charge is 0.502 e. The number of ketones is 1. The number of benzene rings is 2. The number of hydrogen-bond acceptors (Lipinski definition) is 9. The summed E-state index contributed by atoms with van der Waals surface area (Å²) in [5.41, 5.74) is 1.44. The van der Waals surface area contributed by atoms with Crippen molar-refractivity contribution in [2.24, 2.45) is 11.8 Å². The van der Waals surface area contributed by atoms with E-state index in [1.807, 2.05) is 0 Å². The summed E-state index contributed by atoms with van der Waals surface area (Å²) in [5, 5.41) is 29.1. The number of hydrogen-bond donors (Lipinski definition) is 3. The zero-order chi connectivity index (χ0) is 32.3. The van der Waals surface area contributed by atoms with Crippen molar-refractivity contribution in [1.82, 2.24) is 4.90 Å². The summed E-state index contributed by atoms with van der Waals surface area (Å²) < 4.78 is 31.9. The number of rotatable bonds is 14. The van der Waals surface area contributed by atoms with E-state index in [-0.39, 0.29) is 71.2 Å². The molecule has 1 aromatic heterocycles. The lowest BCUT2D eigenvalue weighted by Crippen LogP contribution is -2.28. The molecular formula is C30H31ClFNO10S. The van der Waals surface area contributed by atoms with Gasteiger partial charge in [0.25, 0.3) is 0 Å². The molecule has 1 aliphatic rings. The number of nitrogens with zero attached hydrogens (tertiary/aromatic N) is 1. The number of aliphatic carboxylic acids is 2. The average molecular weight is 652 g/mol. The van der Waals surface area contributed by atoms with Crippen molar-refractivity contribution >= 4 is 56.7 Å². The van der Waals surface area contributed by atoms with Crippen molar-refractivity contribution in [3.63, 3.8) is 0 Å². The number of phenolic OH excluding ortho intramolecular Hbond substituents is 1. The van der Waals surface area contributed by atoms with E-state index >= 15 is 0 Å². The molecule has 44 heavy (non-hydrogen) atoms. The van der Waals surface area contributed by atoms with Gasteiger partial charge in [0.2, 0.25) is 5.91 Å². The molecule has 2 heterocycles. The first-order valence-corrected chi connectivity index (χ1v) is 14.9. The molecule has 3 N–H and O–H groups in total. The van der Waals surface area contributed by atoms with Crippen LogP contribution in [0.1, 0.15) is 53.9 Å². The Hall–Kier alpha value is -4.10. The molecule has 4 rings (SSSR count). The zero-order valence-corrected chi connectivity index (χ0v) is 25.7. The number of aromatic hydroxyl groups is 1. The Morgan fingerprint density at radius 1 is 1.00 bits per heavy atom. The number of carboxylic acids is 2. The van der Waals surface area contributed by atoms with Gasteiger partial charge in [-0.15, -0.1) is 11.3 Å². The van der Waals surface area contributed by atoms with Crippen molar-refractivity contribution in [2.45, 2.75) is 46.2 Å². The molecule has 0 radical (unpaired) electrons. The summed E-state index contributed by atoms with van der Waals surface area (Å²) in [6.07, 6.45) is -0.0531. The van der Waals surface area contributed by atoms with E-state index in [9.17, 15) is 28.7 Å². The first-order valence-electron chi connectivity index (χ1n) is 13.7. The van der Waals surface area contributed by atoms with Crippen LogP contribution in [0.3, 0.4) is 0 Å². The van der Waals surface area contributed by atoms with Crippen LogP contribution in [0, 0.1) is 17.7 Å². The molecule has 2 unspecified atom stereocenters. The molecule has 236 valence electrons. The highest BCUT2D eigenvalue weighted by Gasteiger charge is 2.30. The SMILES string of the molecule is COc1c(OCCCOc2cc3cc(C(=O)CC(C)C(=O)O)sc3c(F)c2O)cc2c(c1Cl)CN(C(=O)CC(C)C(=O)O)C2. The highest BCUT2D eigenvalue weighted by Crippen LogP contribution is 2.43. The van der Waals surface area contributed by atoms with E-state index in [2.05, 4.69) is 0 Å². The maximum atomic E-state index is 14.9. The van der Waals surface area contributed by atoms with Gasteiger partial charge in [-0.3, -0.25) is 19.2 Å². The smallest absolute Gasteiger partial charge is 0.306 e. The van der Waals surface area contributed by atoms with Crippen LogP contribution in [-0.4, -0.2) is 64.2 Å². The van der Waals surface area contributed by atoms with Gasteiger partial charge in [-0.05, 0) is 29.3 Å². The van der Waals surface area contributed by atoms with Gasteiger partial charge in [-0.2, -0.15) is 0 Å². The van der Waals surface area contributed by atoms with Gasteiger partial charge in [-0.25, -0.2) is 4.39 Å². The molecule has 0 fully saturated rings. The van der Waals surface area contributed by atoms with Crippen LogP contribution >= 0.6 is 22.9 Å². The minimum absolute atomic E-state index is 0.0373. The maximum Gasteiger partial charge on any atom is 0.306 e. The summed E-state index contributed by atoms with van der Waals surface area (Å²) in [7, 11) is 1.43. The van der Waals surface area contributed by atoms with Gasteiger partial charge in [-0.1, -0.05) is 25.4 Å². The minimum atomic E-state index is -1.11. The molecule has 0 saturated carbocycles. The molecule has 0 aliphatic carbocycles. The molecule has 0 saturated heterocycles. The normalized spacial score (nSPS) is 13.8. The molecule has 1 amide bonds. The predicted octanol–water partition coefficient (Wildman–Crippen LogP) is 5.50. The number of ether oxygens (including phenoxy) is 3. The quantitative estimate of drug-likeness (QED) is 0.150. The van der Waals surface area contributed by atoms with Crippen molar-refractivity contribution in [1.29, 1.82) is 0 Å². The summed E-state index contributed by atoms with van der Waals surface area (Å²) >= 11 is 7.41. The van der Waals surface area contributed by atoms with Crippen LogP contribution in [0.2, 0.25) is 5.02 Å². The fourth-order valence-electron chi connectivity index (χ4n) is 4.66. The van der Waals surface area contributed by atoms with Crippen LogP contribution in [0.15, 0.2) is 18.2 Å². The number of phenols is 1. The molecule has 14 heteroatoms. The summed E-state index contributed by atoms with van der Waals surface area (Å²) in [6.45, 7) is 3.51. The summed E-state index contributed by atoms with van der Waals surface area (Å²) in [5.74, 6) is -5.75. The Balaban J connectivity index is 1.37. The van der Waals surface area contributed by atoms with Crippen molar-refractivity contribution < 1.29 is 53.1 Å². The fourth-order valence-corrected chi connectivity index (χ4v) is 6.04. The monoisotopic (exact) mass is 651 g/mol. The van der Waals surface area contributed by atoms with Crippen LogP contribution in [-0.2, 0) is 27.5 Å². The van der Waals surface area contributed by atoms with E-state index in [1.165, 1.54) is 38.0 Å². The second-order valence-electron chi connectivity index (χ2n) is 10.5. The van der Waals surface area contributed by atoms with Crippen LogP contribution < -0.4 is 14.2 Å². The number of carbonyl (C=O) groups excluding carboxylic acids is 2. The van der Waals surface area contributed by atoms with Gasteiger partial charge in [0.15, 0.2) is 34.6 Å². The van der Waals surface area contributed by atoms with E-state index in [1.54, 1.807) is 6.07 Å². The van der Waals surface area contributed by atoms with Gasteiger partial charge in [0, 0.05) is 37.7 Å². The zero-order valence-electron chi connectivity index (χ0n) is 24.1. The summed E-state index contributed by atoms with van der Waals surface area (Å²) in [6, 6.07) is 4.58. The van der Waals surface area contributed by atoms with Gasteiger partial charge in [0.1, 0.15) is 0 Å². The number of fused-ring (bicyclic) bond motifs is 2. The van der Waals surface area contributed by atoms with Crippen LogP contribution in [0.25, 0.3) is 10.1 Å². The molecule has 1 aliphatic heterocycles. The lowest BCUT2D eigenvalue weighted by molar-refractivity contribution is -0.145. The lowest BCUT2D eigenvalue weighted by Gasteiger charge is -2.16. The van der Waals surface area contributed by atoms with Crippen LogP contribution in [0.5, 0.6) is 23.0 Å². The molecular weight excluding hydrogens is 621 g/mol. The molecule has 0 spiro atoms. The van der Waals surface area contributed by atoms with E-state index < -0.39 is 41.1 Å². The predicted molar refractivity (Wildman–Crippen MR) is 158 cm³/mol. The Morgan fingerprint density at radius 2 is 1.64 bits per heavy atom. The van der Waals surface area contributed by atoms with Crippen molar-refractivity contribution in [3.8, 4) is 23.0 Å². The number of carbonyl (C=O) groups is 4. The van der Waals surface area contributed by atoms with E-state index in [4.69, 9.17) is 36.0 Å². The Labute approximate surface area is 260 Å². The van der Waals surface area contributed by atoms with Gasteiger partial charge in [0.05, 0.1) is 46.8 Å². The number of Topliss-reactive ketones (excluding diaryl/α,β-unsaturated/α-hetero) is 1. The highest BCUT2D eigenvalue weighted by molar-refractivity contribution is 7.20. The number of thiophene rings is 1. The standard InChI is InChI=1S/C30H31ClFNO10S/c1-14(29(37)38)7-19(34)22-11-16-9-20(26(36)25(32)28(16)44-22)42-5-4-6-43-21-10-17-12-33(23(35)8-15(2)30(39)40)13-18(17)24(31)27(21)41-3/h9-11,14-15,36H,4-8,12-13H2,1-3H3,(H,37,38)(H,39,40). The van der Waals surface area contributed by atoms with Gasteiger partial charge < -0.3 is 34.4 Å². The van der Waals surface area contributed by atoms with E-state index in [0.717, 1.165) is 16.9 Å². The topological polar surface area (TPSA) is 160 Å². The first-order chi connectivity index (χ1) is 20.8. The molecule has 11 nitrogen and oxygen atoms in total. The molecule has 0 bridgehead atoms. The molecule has 2 atom stereocenters. The maximum absolute atomic E-state index is 14.9. The second kappa shape index (κ2) is 13.7. The molecule has 3 aromatic rings.